The largest absolute Gasteiger partial charge is 0.393 e. The molecule has 1 aliphatic heterocycles. The van der Waals surface area contributed by atoms with Gasteiger partial charge in [0.1, 0.15) is 0 Å². The second-order valence-corrected chi connectivity index (χ2v) is 4.36. The molecule has 1 saturated heterocycles. The van der Waals surface area contributed by atoms with E-state index in [1.54, 1.807) is 0 Å². The molecule has 0 radical (unpaired) electrons. The first-order chi connectivity index (χ1) is 7.30. The van der Waals surface area contributed by atoms with Crippen molar-refractivity contribution in [3.05, 3.63) is 0 Å². The molecule has 1 aliphatic rings. The van der Waals surface area contributed by atoms with Gasteiger partial charge in [-0.1, -0.05) is 12.2 Å². The lowest BCUT2D eigenvalue weighted by Crippen LogP contribution is -2.43. The molecule has 0 saturated carbocycles. The number of hydrogen-bond donors (Lipinski definition) is 1. The highest BCUT2D eigenvalue weighted by Gasteiger charge is 2.41. The number of nitrogens with zero attached hydrogens (tertiary/aromatic N) is 1. The van der Waals surface area contributed by atoms with Crippen LogP contribution in [0, 0.1) is 5.92 Å². The van der Waals surface area contributed by atoms with Gasteiger partial charge < -0.3 is 10.6 Å². The van der Waals surface area contributed by atoms with E-state index < -0.39 is 12.1 Å². The van der Waals surface area contributed by atoms with Crippen LogP contribution in [0.3, 0.4) is 0 Å². The number of rotatable bonds is 2. The number of hydrogen-bond acceptors (Lipinski definition) is 2. The first kappa shape index (κ1) is 13.2. The second-order valence-electron chi connectivity index (χ2n) is 3.84. The van der Waals surface area contributed by atoms with E-state index in [-0.39, 0.29) is 43.2 Å². The Morgan fingerprint density at radius 3 is 2.25 bits per heavy atom. The fourth-order valence-corrected chi connectivity index (χ4v) is 1.84. The molecule has 1 rings (SSSR count). The van der Waals surface area contributed by atoms with Crippen LogP contribution < -0.4 is 5.73 Å². The Morgan fingerprint density at radius 2 is 1.88 bits per heavy atom. The zero-order chi connectivity index (χ0) is 12.3. The lowest BCUT2D eigenvalue weighted by Gasteiger charge is -2.32. The van der Waals surface area contributed by atoms with Crippen LogP contribution in [0.4, 0.5) is 13.2 Å². The van der Waals surface area contributed by atoms with Crippen LogP contribution in [0.5, 0.6) is 0 Å². The van der Waals surface area contributed by atoms with Crippen LogP contribution in [0.2, 0.25) is 0 Å². The third-order valence-electron chi connectivity index (χ3n) is 2.64. The van der Waals surface area contributed by atoms with E-state index in [4.69, 9.17) is 5.73 Å². The van der Waals surface area contributed by atoms with Crippen molar-refractivity contribution in [1.29, 1.82) is 0 Å². The number of nitrogens with two attached hydrogens (primary N) is 1. The molecule has 0 aromatic heterocycles. The van der Waals surface area contributed by atoms with Crippen LogP contribution in [0.15, 0.2) is 0 Å². The number of thiocarbonyl (C=S) groups is 1. The molecule has 0 aromatic carbocycles. The lowest BCUT2D eigenvalue weighted by atomic mass is 9.96. The monoisotopic (exact) mass is 254 g/mol. The third kappa shape index (κ3) is 3.62. The summed E-state index contributed by atoms with van der Waals surface area (Å²) < 4.78 is 37.0. The molecule has 7 heteroatoms. The summed E-state index contributed by atoms with van der Waals surface area (Å²) >= 11 is 4.57. The Balaban J connectivity index is 2.43. The van der Waals surface area contributed by atoms with Crippen molar-refractivity contribution in [3.63, 3.8) is 0 Å². The number of amides is 1. The van der Waals surface area contributed by atoms with Gasteiger partial charge in [-0.2, -0.15) is 13.2 Å². The summed E-state index contributed by atoms with van der Waals surface area (Å²) in [6, 6.07) is 0. The molecule has 3 nitrogen and oxygen atoms in total. The van der Waals surface area contributed by atoms with Crippen molar-refractivity contribution in [2.24, 2.45) is 11.7 Å². The minimum Gasteiger partial charge on any atom is -0.393 e. The molecular weight excluding hydrogens is 241 g/mol. The maximum absolute atomic E-state index is 12.3. The molecule has 1 fully saturated rings. The minimum atomic E-state index is -4.15. The average Bonchev–Trinajstić information content (AvgIpc) is 2.15. The summed E-state index contributed by atoms with van der Waals surface area (Å²) in [5, 5.41) is 0. The topological polar surface area (TPSA) is 46.3 Å². The first-order valence-electron chi connectivity index (χ1n) is 4.93. The van der Waals surface area contributed by atoms with Gasteiger partial charge in [-0.3, -0.25) is 4.79 Å². The van der Waals surface area contributed by atoms with Gasteiger partial charge in [-0.25, -0.2) is 0 Å². The fourth-order valence-electron chi connectivity index (χ4n) is 1.72. The average molecular weight is 254 g/mol. The summed E-state index contributed by atoms with van der Waals surface area (Å²) in [6.45, 7) is 0.261. The molecule has 16 heavy (non-hydrogen) atoms. The van der Waals surface area contributed by atoms with E-state index in [9.17, 15) is 18.0 Å². The lowest BCUT2D eigenvalue weighted by molar-refractivity contribution is -0.186. The Morgan fingerprint density at radius 1 is 1.38 bits per heavy atom. The van der Waals surface area contributed by atoms with Crippen LogP contribution in [-0.2, 0) is 4.79 Å². The standard InChI is InChI=1S/C9H13F3N2OS/c10-9(11,12)6-1-3-14(4-2-6)8(15)5-7(13)16/h6H,1-5H2,(H2,13,16). The molecule has 0 spiro atoms. The van der Waals surface area contributed by atoms with Crippen LogP contribution >= 0.6 is 12.2 Å². The summed E-state index contributed by atoms with van der Waals surface area (Å²) in [7, 11) is 0. The van der Waals surface area contributed by atoms with Gasteiger partial charge in [0, 0.05) is 13.1 Å². The van der Waals surface area contributed by atoms with E-state index in [1.807, 2.05) is 0 Å². The normalized spacial score (nSPS) is 18.6. The van der Waals surface area contributed by atoms with Crippen molar-refractivity contribution in [2.45, 2.75) is 25.4 Å². The molecule has 0 aromatic rings. The highest BCUT2D eigenvalue weighted by Crippen LogP contribution is 2.34. The quantitative estimate of drug-likeness (QED) is 0.759. The highest BCUT2D eigenvalue weighted by molar-refractivity contribution is 7.80. The van der Waals surface area contributed by atoms with E-state index >= 15 is 0 Å². The predicted molar refractivity (Wildman–Crippen MR) is 56.8 cm³/mol. The van der Waals surface area contributed by atoms with E-state index in [2.05, 4.69) is 12.2 Å². The van der Waals surface area contributed by atoms with Gasteiger partial charge in [-0.15, -0.1) is 0 Å². The summed E-state index contributed by atoms with van der Waals surface area (Å²) in [5.74, 6) is -1.57. The van der Waals surface area contributed by atoms with Crippen LogP contribution in [0.25, 0.3) is 0 Å². The number of carbonyl (C=O) groups excluding carboxylic acids is 1. The summed E-state index contributed by atoms with van der Waals surface area (Å²) in [5.41, 5.74) is 5.20. The maximum Gasteiger partial charge on any atom is 0.391 e. The summed E-state index contributed by atoms with van der Waals surface area (Å²) in [4.78, 5) is 12.9. The Kier molecular flexibility index (Phi) is 4.12. The molecule has 1 heterocycles. The van der Waals surface area contributed by atoms with Gasteiger partial charge in [0.15, 0.2) is 0 Å². The molecule has 0 unspecified atom stereocenters. The van der Waals surface area contributed by atoms with Gasteiger partial charge in [0.2, 0.25) is 5.91 Å². The number of likely N-dealkylation sites (tertiary alicyclic amines) is 1. The fraction of sp³-hybridized carbons (Fsp3) is 0.778. The Hall–Kier alpha value is -0.850. The van der Waals surface area contributed by atoms with E-state index in [0.717, 1.165) is 0 Å². The van der Waals surface area contributed by atoms with Crippen molar-refractivity contribution in [2.75, 3.05) is 13.1 Å². The summed E-state index contributed by atoms with van der Waals surface area (Å²) in [6.07, 6.45) is -4.29. The molecular formula is C9H13F3N2OS. The van der Waals surface area contributed by atoms with E-state index in [0.29, 0.717) is 0 Å². The Labute approximate surface area is 96.8 Å². The molecule has 0 aliphatic carbocycles. The predicted octanol–water partition coefficient (Wildman–Crippen LogP) is 1.46. The van der Waals surface area contributed by atoms with E-state index in [1.165, 1.54) is 4.90 Å². The molecule has 92 valence electrons. The second kappa shape index (κ2) is 4.99. The van der Waals surface area contributed by atoms with Gasteiger partial charge in [0.05, 0.1) is 17.3 Å². The van der Waals surface area contributed by atoms with Crippen molar-refractivity contribution in [3.8, 4) is 0 Å². The highest BCUT2D eigenvalue weighted by atomic mass is 32.1. The smallest absolute Gasteiger partial charge is 0.391 e. The van der Waals surface area contributed by atoms with Gasteiger partial charge in [-0.05, 0) is 12.8 Å². The third-order valence-corrected chi connectivity index (χ3v) is 2.78. The molecule has 0 atom stereocenters. The molecule has 2 N–H and O–H groups in total. The maximum atomic E-state index is 12.3. The zero-order valence-electron chi connectivity index (χ0n) is 8.59. The Bertz CT molecular complexity index is 285. The van der Waals surface area contributed by atoms with Gasteiger partial charge >= 0.3 is 6.18 Å². The number of alkyl halides is 3. The SMILES string of the molecule is NC(=S)CC(=O)N1CCC(C(F)(F)F)CC1. The number of piperidine rings is 1. The molecule has 0 bridgehead atoms. The zero-order valence-corrected chi connectivity index (χ0v) is 9.40. The minimum absolute atomic E-state index is 0.0351. The molecule has 1 amide bonds. The van der Waals surface area contributed by atoms with Crippen LogP contribution in [0.1, 0.15) is 19.3 Å². The number of carbonyl (C=O) groups is 1. The first-order valence-corrected chi connectivity index (χ1v) is 5.34. The van der Waals surface area contributed by atoms with Crippen molar-refractivity contribution < 1.29 is 18.0 Å². The van der Waals surface area contributed by atoms with Gasteiger partial charge in [0.25, 0.3) is 0 Å². The van der Waals surface area contributed by atoms with Crippen molar-refractivity contribution >= 4 is 23.1 Å². The number of halogens is 3. The van der Waals surface area contributed by atoms with Crippen LogP contribution in [-0.4, -0.2) is 35.1 Å². The van der Waals surface area contributed by atoms with Crippen molar-refractivity contribution in [1.82, 2.24) is 4.90 Å².